The normalized spacial score (nSPS) is 27.9. The molecule has 2 aliphatic rings. The van der Waals surface area contributed by atoms with Gasteiger partial charge in [-0.2, -0.15) is 0 Å². The van der Waals surface area contributed by atoms with Gasteiger partial charge in [0.15, 0.2) is 0 Å². The zero-order valence-corrected chi connectivity index (χ0v) is 13.4. The number of nitrogens with zero attached hydrogens (tertiary/aromatic N) is 1. The molecule has 0 aromatic heterocycles. The van der Waals surface area contributed by atoms with E-state index >= 15 is 0 Å². The fourth-order valence-corrected chi connectivity index (χ4v) is 4.19. The molecule has 1 spiro atoms. The van der Waals surface area contributed by atoms with Crippen LogP contribution in [0.5, 0.6) is 0 Å². The third-order valence-corrected chi connectivity index (χ3v) is 5.45. The standard InChI is InChI=1S/C16H22BrFN2/c17-15-9-14(18)4-3-13(15)10-20-8-2-6-16(12-20)5-1-7-19-11-16/h3-4,9,19H,1-2,5-8,10-12H2. The molecule has 2 heterocycles. The van der Waals surface area contributed by atoms with Gasteiger partial charge in [-0.25, -0.2) is 4.39 Å². The van der Waals surface area contributed by atoms with Gasteiger partial charge >= 0.3 is 0 Å². The highest BCUT2D eigenvalue weighted by Crippen LogP contribution is 2.36. The third-order valence-electron chi connectivity index (χ3n) is 4.71. The summed E-state index contributed by atoms with van der Waals surface area (Å²) in [6.07, 6.45) is 5.27. The molecule has 1 N–H and O–H groups in total. The fraction of sp³-hybridized carbons (Fsp3) is 0.625. The first-order valence-corrected chi connectivity index (χ1v) is 8.33. The molecule has 1 aromatic rings. The molecule has 1 unspecified atom stereocenters. The largest absolute Gasteiger partial charge is 0.316 e. The van der Waals surface area contributed by atoms with Gasteiger partial charge < -0.3 is 5.32 Å². The second-order valence-electron chi connectivity index (χ2n) is 6.33. The number of nitrogens with one attached hydrogen (secondary N) is 1. The maximum atomic E-state index is 13.2. The zero-order valence-electron chi connectivity index (χ0n) is 11.8. The minimum Gasteiger partial charge on any atom is -0.316 e. The van der Waals surface area contributed by atoms with E-state index in [0.29, 0.717) is 5.41 Å². The Morgan fingerprint density at radius 1 is 1.30 bits per heavy atom. The van der Waals surface area contributed by atoms with Crippen LogP contribution in [0.4, 0.5) is 4.39 Å². The van der Waals surface area contributed by atoms with Crippen molar-refractivity contribution in [2.75, 3.05) is 26.2 Å². The van der Waals surface area contributed by atoms with Gasteiger partial charge in [-0.05, 0) is 61.9 Å². The quantitative estimate of drug-likeness (QED) is 0.885. The molecule has 2 nitrogen and oxygen atoms in total. The molecule has 20 heavy (non-hydrogen) atoms. The van der Waals surface area contributed by atoms with Gasteiger partial charge in [0.2, 0.25) is 0 Å². The molecule has 0 amide bonds. The van der Waals surface area contributed by atoms with Crippen LogP contribution < -0.4 is 5.32 Å². The van der Waals surface area contributed by atoms with Crippen molar-refractivity contribution in [2.45, 2.75) is 32.2 Å². The lowest BCUT2D eigenvalue weighted by molar-refractivity contribution is 0.0599. The molecule has 0 bridgehead atoms. The van der Waals surface area contributed by atoms with Crippen LogP contribution in [-0.4, -0.2) is 31.1 Å². The summed E-state index contributed by atoms with van der Waals surface area (Å²) in [6.45, 7) is 5.58. The first-order valence-electron chi connectivity index (χ1n) is 7.54. The molecule has 2 aliphatic heterocycles. The third kappa shape index (κ3) is 3.23. The summed E-state index contributed by atoms with van der Waals surface area (Å²) in [4.78, 5) is 2.54. The first kappa shape index (κ1) is 14.5. The summed E-state index contributed by atoms with van der Waals surface area (Å²) in [5, 5.41) is 3.56. The number of likely N-dealkylation sites (tertiary alicyclic amines) is 1. The van der Waals surface area contributed by atoms with Crippen LogP contribution in [0.3, 0.4) is 0 Å². The van der Waals surface area contributed by atoms with Crippen molar-refractivity contribution in [1.82, 2.24) is 10.2 Å². The highest BCUT2D eigenvalue weighted by molar-refractivity contribution is 9.10. The minimum absolute atomic E-state index is 0.174. The van der Waals surface area contributed by atoms with Gasteiger partial charge in [0.25, 0.3) is 0 Å². The predicted octanol–water partition coefficient (Wildman–Crippen LogP) is 3.55. The summed E-state index contributed by atoms with van der Waals surface area (Å²) < 4.78 is 14.0. The number of hydrogen-bond acceptors (Lipinski definition) is 2. The molecule has 3 rings (SSSR count). The van der Waals surface area contributed by atoms with Crippen LogP contribution in [0.25, 0.3) is 0 Å². The van der Waals surface area contributed by atoms with Gasteiger partial charge in [-0.15, -0.1) is 0 Å². The van der Waals surface area contributed by atoms with Crippen molar-refractivity contribution in [3.8, 4) is 0 Å². The van der Waals surface area contributed by atoms with Crippen molar-refractivity contribution in [3.05, 3.63) is 34.1 Å². The molecule has 4 heteroatoms. The van der Waals surface area contributed by atoms with Crippen LogP contribution in [0.15, 0.2) is 22.7 Å². The van der Waals surface area contributed by atoms with E-state index in [-0.39, 0.29) is 5.82 Å². The summed E-state index contributed by atoms with van der Waals surface area (Å²) >= 11 is 3.48. The molecular weight excluding hydrogens is 319 g/mol. The van der Waals surface area contributed by atoms with Crippen LogP contribution in [0.2, 0.25) is 0 Å². The maximum Gasteiger partial charge on any atom is 0.124 e. The van der Waals surface area contributed by atoms with E-state index in [9.17, 15) is 4.39 Å². The predicted molar refractivity (Wildman–Crippen MR) is 83.1 cm³/mol. The van der Waals surface area contributed by atoms with E-state index in [1.54, 1.807) is 12.1 Å². The molecule has 1 atom stereocenters. The van der Waals surface area contributed by atoms with Gasteiger partial charge in [0, 0.05) is 24.1 Å². The fourth-order valence-electron chi connectivity index (χ4n) is 3.71. The van der Waals surface area contributed by atoms with Gasteiger partial charge in [0.05, 0.1) is 0 Å². The number of hydrogen-bond donors (Lipinski definition) is 1. The Morgan fingerprint density at radius 2 is 2.15 bits per heavy atom. The zero-order chi connectivity index (χ0) is 14.0. The molecule has 1 aromatic carbocycles. The average molecular weight is 341 g/mol. The van der Waals surface area contributed by atoms with E-state index in [2.05, 4.69) is 26.1 Å². The van der Waals surface area contributed by atoms with E-state index in [0.717, 1.165) is 24.1 Å². The SMILES string of the molecule is Fc1ccc(CN2CCCC3(CCCNC3)C2)c(Br)c1. The summed E-state index contributed by atoms with van der Waals surface area (Å²) in [5.74, 6) is -0.174. The van der Waals surface area contributed by atoms with Gasteiger partial charge in [-0.1, -0.05) is 22.0 Å². The van der Waals surface area contributed by atoms with E-state index in [1.165, 1.54) is 44.3 Å². The minimum atomic E-state index is -0.174. The topological polar surface area (TPSA) is 15.3 Å². The number of halogens is 2. The first-order chi connectivity index (χ1) is 9.67. The lowest BCUT2D eigenvalue weighted by atomic mass is 9.74. The molecule has 0 aliphatic carbocycles. The van der Waals surface area contributed by atoms with Gasteiger partial charge in [-0.3, -0.25) is 4.90 Å². The lowest BCUT2D eigenvalue weighted by Gasteiger charge is -2.45. The summed E-state index contributed by atoms with van der Waals surface area (Å²) in [6, 6.07) is 5.03. The maximum absolute atomic E-state index is 13.2. The molecule has 0 saturated carbocycles. The summed E-state index contributed by atoms with van der Waals surface area (Å²) in [5.41, 5.74) is 1.66. The smallest absolute Gasteiger partial charge is 0.124 e. The van der Waals surface area contributed by atoms with Crippen LogP contribution in [0, 0.1) is 11.2 Å². The van der Waals surface area contributed by atoms with Crippen molar-refractivity contribution in [1.29, 1.82) is 0 Å². The van der Waals surface area contributed by atoms with Gasteiger partial charge in [0.1, 0.15) is 5.82 Å². The van der Waals surface area contributed by atoms with E-state index in [1.807, 2.05) is 6.07 Å². The molecule has 110 valence electrons. The number of piperidine rings is 2. The highest BCUT2D eigenvalue weighted by atomic mass is 79.9. The molecule has 0 radical (unpaired) electrons. The highest BCUT2D eigenvalue weighted by Gasteiger charge is 2.36. The van der Waals surface area contributed by atoms with E-state index in [4.69, 9.17) is 0 Å². The Hall–Kier alpha value is -0.450. The Morgan fingerprint density at radius 3 is 2.90 bits per heavy atom. The van der Waals surface area contributed by atoms with Crippen LogP contribution in [-0.2, 0) is 6.54 Å². The van der Waals surface area contributed by atoms with Crippen molar-refractivity contribution in [3.63, 3.8) is 0 Å². The summed E-state index contributed by atoms with van der Waals surface area (Å²) in [7, 11) is 0. The van der Waals surface area contributed by atoms with Crippen molar-refractivity contribution >= 4 is 15.9 Å². The second-order valence-corrected chi connectivity index (χ2v) is 7.18. The number of benzene rings is 1. The second kappa shape index (κ2) is 6.12. The molecule has 2 fully saturated rings. The van der Waals surface area contributed by atoms with Crippen molar-refractivity contribution in [2.24, 2.45) is 5.41 Å². The van der Waals surface area contributed by atoms with Crippen LogP contribution in [0.1, 0.15) is 31.2 Å². The molecular formula is C16H22BrFN2. The number of rotatable bonds is 2. The monoisotopic (exact) mass is 340 g/mol. The molecule has 2 saturated heterocycles. The average Bonchev–Trinajstić information content (AvgIpc) is 2.43. The Kier molecular flexibility index (Phi) is 4.43. The lowest BCUT2D eigenvalue weighted by Crippen LogP contribution is -2.50. The van der Waals surface area contributed by atoms with E-state index < -0.39 is 0 Å². The Bertz CT molecular complexity index is 466. The van der Waals surface area contributed by atoms with Crippen LogP contribution >= 0.6 is 15.9 Å². The Labute approximate surface area is 128 Å². The Balaban J connectivity index is 1.68. The van der Waals surface area contributed by atoms with Crippen molar-refractivity contribution < 1.29 is 4.39 Å².